The van der Waals surface area contributed by atoms with E-state index in [0.29, 0.717) is 24.8 Å². The molecule has 108 valence electrons. The first-order chi connectivity index (χ1) is 10.3. The molecule has 4 nitrogen and oxygen atoms in total. The van der Waals surface area contributed by atoms with Crippen molar-refractivity contribution in [3.63, 3.8) is 0 Å². The number of H-pyrrole nitrogens is 1. The molecular weight excluding hydrogens is 264 g/mol. The second-order valence-corrected chi connectivity index (χ2v) is 5.98. The van der Waals surface area contributed by atoms with E-state index in [1.807, 2.05) is 42.6 Å². The number of hydrogen-bond acceptors (Lipinski definition) is 2. The molecule has 1 aromatic heterocycles. The third-order valence-electron chi connectivity index (χ3n) is 4.40. The number of aromatic nitrogens is 1. The fourth-order valence-electron chi connectivity index (χ4n) is 2.97. The zero-order chi connectivity index (χ0) is 14.3. The molecule has 0 unspecified atom stereocenters. The molecule has 4 heteroatoms. The van der Waals surface area contributed by atoms with Crippen LogP contribution in [0.2, 0.25) is 0 Å². The molecule has 0 radical (unpaired) electrons. The van der Waals surface area contributed by atoms with E-state index < -0.39 is 0 Å². The van der Waals surface area contributed by atoms with E-state index in [-0.39, 0.29) is 11.4 Å². The second kappa shape index (κ2) is 4.74. The summed E-state index contributed by atoms with van der Waals surface area (Å²) in [5, 5.41) is 3.18. The minimum atomic E-state index is -0.385. The van der Waals surface area contributed by atoms with Crippen LogP contribution in [0.5, 0.6) is 0 Å². The van der Waals surface area contributed by atoms with Crippen LogP contribution >= 0.6 is 0 Å². The molecule has 2 fully saturated rings. The molecule has 1 saturated carbocycles. The number of carbonyl (C=O) groups is 1. The van der Waals surface area contributed by atoms with Gasteiger partial charge in [0.15, 0.2) is 0 Å². The highest BCUT2D eigenvalue weighted by Gasteiger charge is 2.42. The molecule has 2 aromatic rings. The first-order valence-corrected chi connectivity index (χ1v) is 7.42. The molecule has 4 rings (SSSR count). The van der Waals surface area contributed by atoms with E-state index in [9.17, 15) is 4.79 Å². The molecule has 21 heavy (non-hydrogen) atoms. The quantitative estimate of drug-likeness (QED) is 0.905. The van der Waals surface area contributed by atoms with Crippen molar-refractivity contribution >= 4 is 5.91 Å². The standard InChI is InChI=1S/C17H18N2O2/c20-16(15-14(8-9-18-15)12-6-7-12)19-17(10-21-11-17)13-4-2-1-3-5-13/h1-5,8-9,12,18H,6-7,10-11H2,(H,19,20). The highest BCUT2D eigenvalue weighted by molar-refractivity contribution is 5.95. The lowest BCUT2D eigenvalue weighted by Gasteiger charge is -2.42. The summed E-state index contributed by atoms with van der Waals surface area (Å²) in [5.41, 5.74) is 2.57. The summed E-state index contributed by atoms with van der Waals surface area (Å²) in [5.74, 6) is 0.524. The fraction of sp³-hybridized carbons (Fsp3) is 0.353. The second-order valence-electron chi connectivity index (χ2n) is 5.98. The lowest BCUT2D eigenvalue weighted by molar-refractivity contribution is -0.0734. The molecule has 0 spiro atoms. The zero-order valence-corrected chi connectivity index (χ0v) is 11.8. The Morgan fingerprint density at radius 1 is 1.19 bits per heavy atom. The zero-order valence-electron chi connectivity index (χ0n) is 11.8. The number of amides is 1. The smallest absolute Gasteiger partial charge is 0.268 e. The van der Waals surface area contributed by atoms with Crippen LogP contribution < -0.4 is 5.32 Å². The first kappa shape index (κ1) is 12.7. The molecule has 1 saturated heterocycles. The van der Waals surface area contributed by atoms with Crippen molar-refractivity contribution in [2.75, 3.05) is 13.2 Å². The van der Waals surface area contributed by atoms with Gasteiger partial charge in [-0.3, -0.25) is 4.79 Å². The van der Waals surface area contributed by atoms with Crippen LogP contribution in [-0.2, 0) is 10.3 Å². The Hall–Kier alpha value is -2.07. The van der Waals surface area contributed by atoms with Gasteiger partial charge in [0.1, 0.15) is 11.2 Å². The highest BCUT2D eigenvalue weighted by Crippen LogP contribution is 2.41. The highest BCUT2D eigenvalue weighted by atomic mass is 16.5. The fourth-order valence-corrected chi connectivity index (χ4v) is 2.97. The van der Waals surface area contributed by atoms with Gasteiger partial charge in [0.25, 0.3) is 5.91 Å². The van der Waals surface area contributed by atoms with Gasteiger partial charge in [-0.1, -0.05) is 30.3 Å². The van der Waals surface area contributed by atoms with E-state index in [2.05, 4.69) is 10.3 Å². The number of carbonyl (C=O) groups excluding carboxylic acids is 1. The number of benzene rings is 1. The molecule has 2 N–H and O–H groups in total. The summed E-state index contributed by atoms with van der Waals surface area (Å²) < 4.78 is 5.38. The van der Waals surface area contributed by atoms with Crippen molar-refractivity contribution < 1.29 is 9.53 Å². The van der Waals surface area contributed by atoms with Gasteiger partial charge in [0.05, 0.1) is 13.2 Å². The number of ether oxygens (including phenoxy) is 1. The maximum atomic E-state index is 12.6. The number of hydrogen-bond donors (Lipinski definition) is 2. The van der Waals surface area contributed by atoms with Crippen LogP contribution in [0, 0.1) is 0 Å². The van der Waals surface area contributed by atoms with Crippen molar-refractivity contribution in [1.82, 2.24) is 10.3 Å². The Bertz CT molecular complexity index is 654. The van der Waals surface area contributed by atoms with Crippen LogP contribution in [0.3, 0.4) is 0 Å². The van der Waals surface area contributed by atoms with Gasteiger partial charge >= 0.3 is 0 Å². The molecule has 0 atom stereocenters. The SMILES string of the molecule is O=C(NC1(c2ccccc2)COC1)c1[nH]ccc1C1CC1. The number of nitrogens with one attached hydrogen (secondary N) is 2. The average Bonchev–Trinajstić information content (AvgIpc) is 3.20. The molecule has 2 heterocycles. The molecule has 0 bridgehead atoms. The van der Waals surface area contributed by atoms with Crippen LogP contribution in [0.1, 0.15) is 40.4 Å². The lowest BCUT2D eigenvalue weighted by atomic mass is 9.87. The summed E-state index contributed by atoms with van der Waals surface area (Å²) in [6, 6.07) is 12.1. The van der Waals surface area contributed by atoms with Crippen molar-refractivity contribution in [1.29, 1.82) is 0 Å². The Morgan fingerprint density at radius 2 is 1.95 bits per heavy atom. The summed E-state index contributed by atoms with van der Waals surface area (Å²) in [6.07, 6.45) is 4.23. The Kier molecular flexibility index (Phi) is 2.86. The topological polar surface area (TPSA) is 54.1 Å². The Morgan fingerprint density at radius 3 is 2.57 bits per heavy atom. The van der Waals surface area contributed by atoms with Crippen LogP contribution in [0.4, 0.5) is 0 Å². The van der Waals surface area contributed by atoms with Crippen molar-refractivity contribution in [3.05, 3.63) is 59.4 Å². The van der Waals surface area contributed by atoms with Gasteiger partial charge in [-0.05, 0) is 36.0 Å². The molecule has 1 aliphatic carbocycles. The predicted molar refractivity (Wildman–Crippen MR) is 79.2 cm³/mol. The molecule has 2 aliphatic rings. The molecule has 1 amide bonds. The number of rotatable bonds is 4. The van der Waals surface area contributed by atoms with Gasteiger partial charge in [-0.15, -0.1) is 0 Å². The maximum absolute atomic E-state index is 12.6. The van der Waals surface area contributed by atoms with Gasteiger partial charge in [0.2, 0.25) is 0 Å². The average molecular weight is 282 g/mol. The van der Waals surface area contributed by atoms with Gasteiger partial charge in [0, 0.05) is 6.20 Å². The van der Waals surface area contributed by atoms with E-state index in [1.165, 1.54) is 12.8 Å². The van der Waals surface area contributed by atoms with Crippen molar-refractivity contribution in [2.24, 2.45) is 0 Å². The normalized spacial score (nSPS) is 19.8. The van der Waals surface area contributed by atoms with Gasteiger partial charge in [-0.2, -0.15) is 0 Å². The largest absolute Gasteiger partial charge is 0.376 e. The summed E-state index contributed by atoms with van der Waals surface area (Å²) in [6.45, 7) is 1.06. The maximum Gasteiger partial charge on any atom is 0.268 e. The molecule has 1 aliphatic heterocycles. The van der Waals surface area contributed by atoms with Crippen LogP contribution in [-0.4, -0.2) is 24.1 Å². The van der Waals surface area contributed by atoms with Crippen LogP contribution in [0.25, 0.3) is 0 Å². The lowest BCUT2D eigenvalue weighted by Crippen LogP contribution is -2.59. The van der Waals surface area contributed by atoms with E-state index >= 15 is 0 Å². The monoisotopic (exact) mass is 282 g/mol. The van der Waals surface area contributed by atoms with Gasteiger partial charge in [-0.25, -0.2) is 0 Å². The van der Waals surface area contributed by atoms with Gasteiger partial charge < -0.3 is 15.0 Å². The summed E-state index contributed by atoms with van der Waals surface area (Å²) in [7, 11) is 0. The minimum Gasteiger partial charge on any atom is -0.376 e. The number of aromatic amines is 1. The first-order valence-electron chi connectivity index (χ1n) is 7.42. The Balaban J connectivity index is 1.59. The van der Waals surface area contributed by atoms with Crippen molar-refractivity contribution in [3.8, 4) is 0 Å². The van der Waals surface area contributed by atoms with E-state index in [1.54, 1.807) is 0 Å². The van der Waals surface area contributed by atoms with E-state index in [0.717, 1.165) is 11.1 Å². The molecular formula is C17H18N2O2. The summed E-state index contributed by atoms with van der Waals surface area (Å²) in [4.78, 5) is 15.7. The predicted octanol–water partition coefficient (Wildman–Crippen LogP) is 2.55. The molecule has 1 aromatic carbocycles. The third-order valence-corrected chi connectivity index (χ3v) is 4.40. The van der Waals surface area contributed by atoms with E-state index in [4.69, 9.17) is 4.74 Å². The minimum absolute atomic E-state index is 0.0333. The van der Waals surface area contributed by atoms with Crippen LogP contribution in [0.15, 0.2) is 42.6 Å². The summed E-state index contributed by atoms with van der Waals surface area (Å²) >= 11 is 0. The van der Waals surface area contributed by atoms with Crippen molar-refractivity contribution in [2.45, 2.75) is 24.3 Å². The third kappa shape index (κ3) is 2.16. The Labute approximate surface area is 123 Å².